The van der Waals surface area contributed by atoms with Gasteiger partial charge in [0.15, 0.2) is 11.5 Å². The number of pyridine rings is 1. The number of hydrogen-bond donors (Lipinski definition) is 1. The predicted octanol–water partition coefficient (Wildman–Crippen LogP) is 3.89. The summed E-state index contributed by atoms with van der Waals surface area (Å²) in [5.74, 6) is 0.672. The van der Waals surface area contributed by atoms with E-state index in [9.17, 15) is 4.79 Å². The van der Waals surface area contributed by atoms with E-state index in [0.29, 0.717) is 12.1 Å². The number of amides is 1. The normalized spacial score (nSPS) is 11.1. The van der Waals surface area contributed by atoms with E-state index in [1.807, 2.05) is 48.5 Å². The lowest BCUT2D eigenvalue weighted by atomic mass is 10.1. The summed E-state index contributed by atoms with van der Waals surface area (Å²) in [6.07, 6.45) is 2.41. The summed E-state index contributed by atoms with van der Waals surface area (Å²) < 4.78 is 1.78. The van der Waals surface area contributed by atoms with E-state index >= 15 is 0 Å². The number of anilines is 1. The second kappa shape index (κ2) is 7.36. The number of benzene rings is 2. The number of hydrogen-bond acceptors (Lipinski definition) is 5. The van der Waals surface area contributed by atoms with Crippen molar-refractivity contribution in [2.24, 2.45) is 0 Å². The van der Waals surface area contributed by atoms with Crippen LogP contribution in [0.15, 0.2) is 72.9 Å². The van der Waals surface area contributed by atoms with Crippen molar-refractivity contribution in [3.8, 4) is 11.3 Å². The fourth-order valence-electron chi connectivity index (χ4n) is 3.44. The smallest absolute Gasteiger partial charge is 0.221 e. The molecule has 1 amide bonds. The highest BCUT2D eigenvalue weighted by Crippen LogP contribution is 2.21. The highest BCUT2D eigenvalue weighted by molar-refractivity contribution is 5.88. The van der Waals surface area contributed by atoms with E-state index in [1.54, 1.807) is 10.7 Å². The van der Waals surface area contributed by atoms with Gasteiger partial charge in [-0.15, -0.1) is 10.2 Å². The molecule has 2 aromatic carbocycles. The Kier molecular flexibility index (Phi) is 4.40. The van der Waals surface area contributed by atoms with Gasteiger partial charge in [-0.1, -0.05) is 24.3 Å². The van der Waals surface area contributed by atoms with Gasteiger partial charge in [0.2, 0.25) is 5.91 Å². The third-order valence-electron chi connectivity index (χ3n) is 4.86. The van der Waals surface area contributed by atoms with Crippen LogP contribution in [0.2, 0.25) is 0 Å². The van der Waals surface area contributed by atoms with Gasteiger partial charge >= 0.3 is 0 Å². The van der Waals surface area contributed by atoms with Crippen LogP contribution in [0.3, 0.4) is 0 Å². The fraction of sp³-hybridized carbons (Fsp3) is 0.0870. The fourth-order valence-corrected chi connectivity index (χ4v) is 3.44. The second-order valence-electron chi connectivity index (χ2n) is 7.07. The Morgan fingerprint density at radius 2 is 1.87 bits per heavy atom. The first-order valence-corrected chi connectivity index (χ1v) is 9.59. The third-order valence-corrected chi connectivity index (χ3v) is 4.86. The monoisotopic (exact) mass is 394 g/mol. The molecule has 0 radical (unpaired) electrons. The lowest BCUT2D eigenvalue weighted by Gasteiger charge is -2.06. The van der Waals surface area contributed by atoms with Gasteiger partial charge in [-0.05, 0) is 48.0 Å². The van der Waals surface area contributed by atoms with Gasteiger partial charge < -0.3 is 5.32 Å². The third kappa shape index (κ3) is 3.48. The molecule has 146 valence electrons. The molecular weight excluding hydrogens is 376 g/mol. The van der Waals surface area contributed by atoms with Crippen molar-refractivity contribution in [3.63, 3.8) is 0 Å². The molecule has 0 aliphatic heterocycles. The van der Waals surface area contributed by atoms with E-state index in [0.717, 1.165) is 39.2 Å². The van der Waals surface area contributed by atoms with Crippen LogP contribution in [-0.2, 0) is 11.2 Å². The topological polar surface area (TPSA) is 85.1 Å². The molecule has 5 rings (SSSR count). The summed E-state index contributed by atoms with van der Waals surface area (Å²) in [5.41, 5.74) is 5.30. The Morgan fingerprint density at radius 1 is 1.00 bits per heavy atom. The maximum Gasteiger partial charge on any atom is 0.221 e. The molecule has 0 aliphatic rings. The first-order valence-electron chi connectivity index (χ1n) is 9.59. The van der Waals surface area contributed by atoms with Crippen molar-refractivity contribution < 1.29 is 4.79 Å². The molecule has 30 heavy (non-hydrogen) atoms. The number of carbonyl (C=O) groups excluding carboxylic acids is 1. The SMILES string of the molecule is CC(=O)Nc1ccc(-c2ccc3nnc(Cc4ccc5ncccc5c4)n3n2)cc1. The molecule has 1 N–H and O–H groups in total. The molecule has 3 aromatic heterocycles. The molecule has 0 saturated carbocycles. The summed E-state index contributed by atoms with van der Waals surface area (Å²) in [6, 6.07) is 21.6. The molecule has 0 unspecified atom stereocenters. The summed E-state index contributed by atoms with van der Waals surface area (Å²) >= 11 is 0. The first kappa shape index (κ1) is 17.9. The van der Waals surface area contributed by atoms with Crippen molar-refractivity contribution in [2.45, 2.75) is 13.3 Å². The van der Waals surface area contributed by atoms with Crippen LogP contribution >= 0.6 is 0 Å². The second-order valence-corrected chi connectivity index (χ2v) is 7.07. The van der Waals surface area contributed by atoms with Gasteiger partial charge in [0.1, 0.15) is 0 Å². The van der Waals surface area contributed by atoms with Gasteiger partial charge in [0.25, 0.3) is 0 Å². The number of fused-ring (bicyclic) bond motifs is 2. The molecule has 7 heteroatoms. The summed E-state index contributed by atoms with van der Waals surface area (Å²) in [6.45, 7) is 1.49. The lowest BCUT2D eigenvalue weighted by Crippen LogP contribution is -2.05. The van der Waals surface area contributed by atoms with Crippen molar-refractivity contribution in [3.05, 3.63) is 84.3 Å². The minimum atomic E-state index is -0.0964. The number of nitrogens with one attached hydrogen (secondary N) is 1. The van der Waals surface area contributed by atoms with Crippen LogP contribution in [0, 0.1) is 0 Å². The number of aromatic nitrogens is 5. The molecule has 3 heterocycles. The Balaban J connectivity index is 1.47. The standard InChI is InChI=1S/C23H18N6O/c1-15(30)25-19-7-5-17(6-8-19)21-10-11-22-26-27-23(29(22)28-21)14-16-4-9-20-18(13-16)3-2-12-24-20/h2-13H,14H2,1H3,(H,25,30). The average Bonchev–Trinajstić information content (AvgIpc) is 3.16. The largest absolute Gasteiger partial charge is 0.326 e. The number of nitrogens with zero attached hydrogens (tertiary/aromatic N) is 5. The highest BCUT2D eigenvalue weighted by atomic mass is 16.1. The van der Waals surface area contributed by atoms with Crippen molar-refractivity contribution in [1.82, 2.24) is 24.8 Å². The van der Waals surface area contributed by atoms with Crippen molar-refractivity contribution in [2.75, 3.05) is 5.32 Å². The zero-order chi connectivity index (χ0) is 20.5. The zero-order valence-corrected chi connectivity index (χ0v) is 16.3. The Morgan fingerprint density at radius 3 is 2.70 bits per heavy atom. The van der Waals surface area contributed by atoms with E-state index in [-0.39, 0.29) is 5.91 Å². The van der Waals surface area contributed by atoms with Crippen molar-refractivity contribution in [1.29, 1.82) is 0 Å². The lowest BCUT2D eigenvalue weighted by molar-refractivity contribution is -0.114. The van der Waals surface area contributed by atoms with Gasteiger partial charge in [-0.25, -0.2) is 0 Å². The molecule has 0 spiro atoms. The highest BCUT2D eigenvalue weighted by Gasteiger charge is 2.10. The van der Waals surface area contributed by atoms with Crippen LogP contribution in [0.4, 0.5) is 5.69 Å². The van der Waals surface area contributed by atoms with Crippen LogP contribution in [0.1, 0.15) is 18.3 Å². The van der Waals surface area contributed by atoms with Crippen LogP contribution < -0.4 is 5.32 Å². The van der Waals surface area contributed by atoms with Crippen LogP contribution in [0.25, 0.3) is 27.8 Å². The summed E-state index contributed by atoms with van der Waals surface area (Å²) in [4.78, 5) is 15.6. The van der Waals surface area contributed by atoms with Crippen LogP contribution in [0.5, 0.6) is 0 Å². The molecule has 0 aliphatic carbocycles. The minimum absolute atomic E-state index is 0.0964. The Hall–Kier alpha value is -4.13. The minimum Gasteiger partial charge on any atom is -0.326 e. The zero-order valence-electron chi connectivity index (χ0n) is 16.3. The Labute approximate surface area is 172 Å². The maximum atomic E-state index is 11.2. The van der Waals surface area contributed by atoms with Gasteiger partial charge in [0, 0.05) is 36.2 Å². The van der Waals surface area contributed by atoms with E-state index in [2.05, 4.69) is 38.7 Å². The average molecular weight is 394 g/mol. The molecule has 0 saturated heterocycles. The van der Waals surface area contributed by atoms with Gasteiger partial charge in [0.05, 0.1) is 11.2 Å². The van der Waals surface area contributed by atoms with Gasteiger partial charge in [-0.3, -0.25) is 9.78 Å². The molecular formula is C23H18N6O. The van der Waals surface area contributed by atoms with E-state index < -0.39 is 0 Å². The number of rotatable bonds is 4. The Bertz CT molecular complexity index is 1370. The maximum absolute atomic E-state index is 11.2. The molecule has 0 atom stereocenters. The van der Waals surface area contributed by atoms with Gasteiger partial charge in [-0.2, -0.15) is 9.61 Å². The quantitative estimate of drug-likeness (QED) is 0.500. The summed E-state index contributed by atoms with van der Waals surface area (Å²) in [7, 11) is 0. The van der Waals surface area contributed by atoms with Crippen LogP contribution in [-0.4, -0.2) is 30.7 Å². The predicted molar refractivity (Wildman–Crippen MR) is 115 cm³/mol. The van der Waals surface area contributed by atoms with E-state index in [1.165, 1.54) is 6.92 Å². The number of carbonyl (C=O) groups is 1. The molecule has 7 nitrogen and oxygen atoms in total. The van der Waals surface area contributed by atoms with Crippen molar-refractivity contribution >= 4 is 28.1 Å². The molecule has 5 aromatic rings. The summed E-state index contributed by atoms with van der Waals surface area (Å²) in [5, 5.41) is 17.2. The molecule has 0 bridgehead atoms. The molecule has 0 fully saturated rings. The first-order chi connectivity index (χ1) is 14.7. The van der Waals surface area contributed by atoms with E-state index in [4.69, 9.17) is 5.10 Å².